The highest BCUT2D eigenvalue weighted by molar-refractivity contribution is 7.85. The Labute approximate surface area is 169 Å². The Bertz CT molecular complexity index is 833. The number of fused-ring (bicyclic) bond motifs is 1. The predicted molar refractivity (Wildman–Crippen MR) is 105 cm³/mol. The van der Waals surface area contributed by atoms with Crippen molar-refractivity contribution in [2.24, 2.45) is 11.3 Å². The summed E-state index contributed by atoms with van der Waals surface area (Å²) in [4.78, 5) is 13.1. The fourth-order valence-electron chi connectivity index (χ4n) is 4.22. The van der Waals surface area contributed by atoms with Gasteiger partial charge in [0.1, 0.15) is 10.8 Å². The van der Waals surface area contributed by atoms with Crippen molar-refractivity contribution in [3.8, 4) is 5.75 Å². The zero-order valence-electron chi connectivity index (χ0n) is 15.1. The summed E-state index contributed by atoms with van der Waals surface area (Å²) in [7, 11) is -4.02. The third kappa shape index (κ3) is 4.43. The second kappa shape index (κ2) is 8.25. The summed E-state index contributed by atoms with van der Waals surface area (Å²) in [6, 6.07) is 1.75. The molecule has 1 aromatic rings. The maximum Gasteiger partial charge on any atom is 0.264 e. The molecule has 2 aliphatic carbocycles. The van der Waals surface area contributed by atoms with Crippen molar-refractivity contribution in [1.82, 2.24) is 0 Å². The van der Waals surface area contributed by atoms with Crippen LogP contribution in [0.1, 0.15) is 54.9 Å². The number of benzene rings is 1. The second-order valence-electron chi connectivity index (χ2n) is 7.43. The summed E-state index contributed by atoms with van der Waals surface area (Å²) < 4.78 is 35.9. The fourth-order valence-corrected chi connectivity index (χ4v) is 5.21. The fraction of sp³-hybridized carbons (Fsp3) is 0.611. The van der Waals surface area contributed by atoms with Crippen LogP contribution in [-0.4, -0.2) is 36.6 Å². The number of carbonyl (C=O) groups excluding carboxylic acids is 1. The lowest BCUT2D eigenvalue weighted by Crippen LogP contribution is -2.32. The zero-order valence-corrected chi connectivity index (χ0v) is 17.4. The molecule has 1 atom stereocenters. The summed E-state index contributed by atoms with van der Waals surface area (Å²) in [6.07, 6.45) is 5.16. The molecule has 1 saturated carbocycles. The van der Waals surface area contributed by atoms with Gasteiger partial charge in [0.15, 0.2) is 5.78 Å². The first-order valence-corrected chi connectivity index (χ1v) is 11.1. The van der Waals surface area contributed by atoms with Crippen LogP contribution in [0.2, 0.25) is 10.0 Å². The Morgan fingerprint density at radius 2 is 1.89 bits per heavy atom. The molecule has 27 heavy (non-hydrogen) atoms. The predicted octanol–water partition coefficient (Wildman–Crippen LogP) is 3.76. The summed E-state index contributed by atoms with van der Waals surface area (Å²) in [5.74, 6) is 0.372. The van der Waals surface area contributed by atoms with Gasteiger partial charge in [-0.1, -0.05) is 43.0 Å². The first-order chi connectivity index (χ1) is 12.1. The van der Waals surface area contributed by atoms with Gasteiger partial charge in [-0.05, 0) is 43.2 Å². The number of hydrogen-bond donors (Lipinski definition) is 1. The normalized spacial score (nSPS) is 22.6. The molecule has 152 valence electrons. The molecule has 1 aromatic carbocycles. The van der Waals surface area contributed by atoms with Gasteiger partial charge >= 0.3 is 0 Å². The standard InChI is InChI=1S/C18H22Cl2O5S.H2O/c1-18(12-5-2-3-6-12)10-11-9-13(25-7-4-8-26(22,23)24)15(19)16(20)14(11)17(18)21;/h9,12H,2-8,10H2,1H3,(H,22,23,24);1H2. The smallest absolute Gasteiger partial charge is 0.264 e. The van der Waals surface area contributed by atoms with Crippen LogP contribution in [-0.2, 0) is 16.5 Å². The average Bonchev–Trinajstić information content (AvgIpc) is 3.16. The van der Waals surface area contributed by atoms with Crippen LogP contribution in [0.15, 0.2) is 6.07 Å². The largest absolute Gasteiger partial charge is 0.492 e. The molecule has 3 rings (SSSR count). The van der Waals surface area contributed by atoms with Crippen molar-refractivity contribution in [2.45, 2.75) is 45.4 Å². The number of carbonyl (C=O) groups is 1. The maximum absolute atomic E-state index is 13.1. The Morgan fingerprint density at radius 1 is 1.26 bits per heavy atom. The Kier molecular flexibility index (Phi) is 6.85. The lowest BCUT2D eigenvalue weighted by Gasteiger charge is -2.29. The van der Waals surface area contributed by atoms with E-state index in [0.717, 1.165) is 31.2 Å². The monoisotopic (exact) mass is 438 g/mol. The lowest BCUT2D eigenvalue weighted by atomic mass is 9.73. The summed E-state index contributed by atoms with van der Waals surface area (Å²) in [6.45, 7) is 2.09. The number of Topliss-reactive ketones (excluding diaryl/α,β-unsaturated/α-hetero) is 1. The quantitative estimate of drug-likeness (QED) is 0.536. The van der Waals surface area contributed by atoms with Gasteiger partial charge in [0.25, 0.3) is 10.1 Å². The van der Waals surface area contributed by atoms with E-state index in [-0.39, 0.29) is 40.1 Å². The number of ketones is 1. The Morgan fingerprint density at radius 3 is 2.48 bits per heavy atom. The van der Waals surface area contributed by atoms with E-state index >= 15 is 0 Å². The van der Waals surface area contributed by atoms with Gasteiger partial charge in [-0.3, -0.25) is 9.35 Å². The van der Waals surface area contributed by atoms with Gasteiger partial charge in [0.05, 0.1) is 17.4 Å². The maximum atomic E-state index is 13.1. The van der Waals surface area contributed by atoms with E-state index < -0.39 is 15.5 Å². The lowest BCUT2D eigenvalue weighted by molar-refractivity contribution is 0.0744. The van der Waals surface area contributed by atoms with Gasteiger partial charge in [-0.2, -0.15) is 8.42 Å². The number of rotatable bonds is 6. The average molecular weight is 439 g/mol. The molecular formula is C18H24Cl2O6S. The second-order valence-corrected chi connectivity index (χ2v) is 9.76. The van der Waals surface area contributed by atoms with Crippen LogP contribution in [0.4, 0.5) is 0 Å². The summed E-state index contributed by atoms with van der Waals surface area (Å²) in [5, 5.41) is 0.377. The Balaban J connectivity index is 0.00000261. The molecule has 1 fully saturated rings. The number of ether oxygens (including phenoxy) is 1. The van der Waals surface area contributed by atoms with E-state index in [1.54, 1.807) is 6.07 Å². The molecule has 3 N–H and O–H groups in total. The van der Waals surface area contributed by atoms with Crippen LogP contribution in [0, 0.1) is 11.3 Å². The highest BCUT2D eigenvalue weighted by atomic mass is 35.5. The van der Waals surface area contributed by atoms with E-state index in [2.05, 4.69) is 0 Å². The van der Waals surface area contributed by atoms with E-state index in [1.807, 2.05) is 6.92 Å². The van der Waals surface area contributed by atoms with E-state index in [9.17, 15) is 13.2 Å². The summed E-state index contributed by atoms with van der Waals surface area (Å²) in [5.41, 5.74) is 0.884. The van der Waals surface area contributed by atoms with Crippen molar-refractivity contribution >= 4 is 39.1 Å². The van der Waals surface area contributed by atoms with Gasteiger partial charge in [0.2, 0.25) is 0 Å². The molecule has 9 heteroatoms. The zero-order chi connectivity index (χ0) is 19.1. The SMILES string of the molecule is CC1(C2CCCC2)Cc2cc(OCCCS(=O)(=O)O)c(Cl)c(Cl)c2C1=O.O. The van der Waals surface area contributed by atoms with E-state index in [4.69, 9.17) is 32.5 Å². The van der Waals surface area contributed by atoms with Gasteiger partial charge < -0.3 is 10.2 Å². The molecule has 0 saturated heterocycles. The number of hydrogen-bond acceptors (Lipinski definition) is 4. The van der Waals surface area contributed by atoms with Crippen molar-refractivity contribution in [3.63, 3.8) is 0 Å². The molecule has 0 spiro atoms. The van der Waals surface area contributed by atoms with Crippen molar-refractivity contribution in [2.75, 3.05) is 12.4 Å². The number of halogens is 2. The minimum absolute atomic E-state index is 0. The molecule has 0 radical (unpaired) electrons. The minimum atomic E-state index is -4.02. The Hall–Kier alpha value is -0.860. The van der Waals surface area contributed by atoms with Crippen LogP contribution < -0.4 is 4.74 Å². The van der Waals surface area contributed by atoms with Crippen molar-refractivity contribution in [3.05, 3.63) is 27.2 Å². The van der Waals surface area contributed by atoms with E-state index in [0.29, 0.717) is 23.7 Å². The summed E-state index contributed by atoms with van der Waals surface area (Å²) >= 11 is 12.7. The highest BCUT2D eigenvalue weighted by Gasteiger charge is 2.49. The third-order valence-corrected chi connectivity index (χ3v) is 7.27. The van der Waals surface area contributed by atoms with Gasteiger partial charge in [-0.15, -0.1) is 0 Å². The molecule has 0 amide bonds. The molecule has 0 aromatic heterocycles. The molecule has 0 bridgehead atoms. The van der Waals surface area contributed by atoms with Gasteiger partial charge in [-0.25, -0.2) is 0 Å². The molecule has 2 aliphatic rings. The highest BCUT2D eigenvalue weighted by Crippen LogP contribution is 2.52. The topological polar surface area (TPSA) is 112 Å². The van der Waals surface area contributed by atoms with Crippen LogP contribution in [0.5, 0.6) is 5.75 Å². The minimum Gasteiger partial charge on any atom is -0.492 e. The van der Waals surface area contributed by atoms with Crippen LogP contribution in [0.25, 0.3) is 0 Å². The molecule has 0 aliphatic heterocycles. The van der Waals surface area contributed by atoms with Crippen LogP contribution in [0.3, 0.4) is 0 Å². The molecule has 0 heterocycles. The molecule has 1 unspecified atom stereocenters. The molecule has 6 nitrogen and oxygen atoms in total. The van der Waals surface area contributed by atoms with Crippen LogP contribution >= 0.6 is 23.2 Å². The van der Waals surface area contributed by atoms with Gasteiger partial charge in [0, 0.05) is 11.0 Å². The van der Waals surface area contributed by atoms with Crippen molar-refractivity contribution < 1.29 is 28.0 Å². The first-order valence-electron chi connectivity index (χ1n) is 8.77. The first kappa shape index (κ1) is 22.4. The molecular weight excluding hydrogens is 415 g/mol. The third-order valence-electron chi connectivity index (χ3n) is 5.62. The van der Waals surface area contributed by atoms with E-state index in [1.165, 1.54) is 0 Å². The van der Waals surface area contributed by atoms with Crippen molar-refractivity contribution in [1.29, 1.82) is 0 Å².